The molecule has 41 heavy (non-hydrogen) atoms. The third-order valence-electron chi connectivity index (χ3n) is 6.41. The van der Waals surface area contributed by atoms with E-state index in [0.717, 1.165) is 29.6 Å². The predicted molar refractivity (Wildman–Crippen MR) is 204 cm³/mol. The van der Waals surface area contributed by atoms with Gasteiger partial charge in [-0.05, 0) is 29.6 Å². The van der Waals surface area contributed by atoms with Crippen molar-refractivity contribution in [1.29, 1.82) is 0 Å². The molecule has 0 aliphatic heterocycles. The van der Waals surface area contributed by atoms with Crippen molar-refractivity contribution in [2.24, 2.45) is 29.6 Å². The summed E-state index contributed by atoms with van der Waals surface area (Å²) in [6.45, 7) is 41.8. The Kier molecular flexibility index (Phi) is 82.2. The highest BCUT2D eigenvalue weighted by Crippen LogP contribution is 2.22. The van der Waals surface area contributed by atoms with Gasteiger partial charge in [-0.2, -0.15) is 0 Å². The number of hydrogen-bond acceptors (Lipinski definition) is 0. The highest BCUT2D eigenvalue weighted by atomic mass is 14.1. The van der Waals surface area contributed by atoms with E-state index >= 15 is 0 Å². The molecule has 2 saturated carbocycles. The maximum Gasteiger partial charge on any atom is -0.0443 e. The van der Waals surface area contributed by atoms with Crippen molar-refractivity contribution in [2.45, 2.75) is 241 Å². The molecule has 0 atom stereocenters. The van der Waals surface area contributed by atoms with Gasteiger partial charge in [0.05, 0.1) is 0 Å². The van der Waals surface area contributed by atoms with Gasteiger partial charge in [0, 0.05) is 0 Å². The standard InChI is InChI=1S/C7H14.2C6H14.C5H12.C4H8.C4H10.3C3H8/c1-7-5-3-2-4-6-7;1-5(2)6(3)4;1-4-5-6(2)3;1-4-5(2)3;1-2-4-3-1;1-3-4-2;3*1-3-2/h7H,2-6H2,1H3;5-6H,1-4H3;6H,4-5H2,1-3H3;5H,4H2,1-3H3;1-4H2;3-4H2,1-2H3;3*3H2,1-2H3. The number of hydrogen-bond donors (Lipinski definition) is 0. The molecule has 0 nitrogen and oxygen atoms in total. The summed E-state index contributed by atoms with van der Waals surface area (Å²) in [5.74, 6) is 4.52. The third kappa shape index (κ3) is 119. The second-order valence-corrected chi connectivity index (χ2v) is 13.8. The van der Waals surface area contributed by atoms with Crippen molar-refractivity contribution < 1.29 is 0 Å². The van der Waals surface area contributed by atoms with E-state index in [4.69, 9.17) is 0 Å². The molecule has 0 unspecified atom stereocenters. The summed E-state index contributed by atoms with van der Waals surface area (Å²) in [5.41, 5.74) is 0. The van der Waals surface area contributed by atoms with E-state index in [1.165, 1.54) is 109 Å². The van der Waals surface area contributed by atoms with Crippen LogP contribution in [0.15, 0.2) is 0 Å². The summed E-state index contributed by atoms with van der Waals surface area (Å²) in [7, 11) is 0. The first kappa shape index (κ1) is 56.7. The van der Waals surface area contributed by atoms with Gasteiger partial charge >= 0.3 is 0 Å². The van der Waals surface area contributed by atoms with Crippen LogP contribution in [0, 0.1) is 29.6 Å². The Hall–Kier alpha value is 0. The van der Waals surface area contributed by atoms with Crippen molar-refractivity contribution in [3.8, 4) is 0 Å². The fourth-order valence-electron chi connectivity index (χ4n) is 2.13. The fourth-order valence-corrected chi connectivity index (χ4v) is 2.13. The zero-order valence-corrected chi connectivity index (χ0v) is 33.9. The van der Waals surface area contributed by atoms with Crippen LogP contribution in [0.25, 0.3) is 0 Å². The molecule has 0 aromatic heterocycles. The highest BCUT2D eigenvalue weighted by molar-refractivity contribution is 4.59. The largest absolute Gasteiger partial charge is 0.0656 e. The molecule has 260 valence electrons. The van der Waals surface area contributed by atoms with Gasteiger partial charge in [-0.25, -0.2) is 0 Å². The predicted octanol–water partition coefficient (Wildman–Crippen LogP) is 17.0. The molecular weight excluding hydrogens is 492 g/mol. The highest BCUT2D eigenvalue weighted by Gasteiger charge is 2.06. The Balaban J connectivity index is -0.0000000646. The van der Waals surface area contributed by atoms with Crippen LogP contribution >= 0.6 is 0 Å². The van der Waals surface area contributed by atoms with E-state index < -0.39 is 0 Å². The summed E-state index contributed by atoms with van der Waals surface area (Å²) in [6.07, 6.45) is 23.8. The van der Waals surface area contributed by atoms with Crippen LogP contribution in [-0.2, 0) is 0 Å². The fraction of sp³-hybridized carbons (Fsp3) is 1.00. The molecular formula is C41H96. The molecule has 2 rings (SSSR count). The van der Waals surface area contributed by atoms with Gasteiger partial charge in [0.15, 0.2) is 0 Å². The smallest absolute Gasteiger partial charge is 0.0443 e. The van der Waals surface area contributed by atoms with E-state index in [1.807, 2.05) is 0 Å². The molecule has 0 aromatic rings. The Morgan fingerprint density at radius 2 is 0.659 bits per heavy atom. The zero-order chi connectivity index (χ0) is 33.9. The Morgan fingerprint density at radius 3 is 0.707 bits per heavy atom. The van der Waals surface area contributed by atoms with E-state index in [0.29, 0.717) is 0 Å². The summed E-state index contributed by atoms with van der Waals surface area (Å²) in [4.78, 5) is 0. The molecule has 0 aromatic carbocycles. The molecule has 2 aliphatic carbocycles. The average molecular weight is 589 g/mol. The van der Waals surface area contributed by atoms with E-state index in [-0.39, 0.29) is 0 Å². The summed E-state index contributed by atoms with van der Waals surface area (Å²) >= 11 is 0. The van der Waals surface area contributed by atoms with Gasteiger partial charge in [-0.3, -0.25) is 0 Å². The molecule has 0 heteroatoms. The van der Waals surface area contributed by atoms with Gasteiger partial charge in [-0.1, -0.05) is 241 Å². The first-order valence-electron chi connectivity index (χ1n) is 19.2. The Labute approximate surface area is 269 Å². The van der Waals surface area contributed by atoms with E-state index in [9.17, 15) is 0 Å². The topological polar surface area (TPSA) is 0 Å². The second-order valence-electron chi connectivity index (χ2n) is 13.8. The first-order valence-corrected chi connectivity index (χ1v) is 19.2. The van der Waals surface area contributed by atoms with Gasteiger partial charge in [0.1, 0.15) is 0 Å². The van der Waals surface area contributed by atoms with Gasteiger partial charge in [-0.15, -0.1) is 0 Å². The molecule has 2 fully saturated rings. The molecule has 2 aliphatic rings. The summed E-state index contributed by atoms with van der Waals surface area (Å²) in [5, 5.41) is 0. The Bertz CT molecular complexity index is 285. The van der Waals surface area contributed by atoms with Crippen LogP contribution in [0.3, 0.4) is 0 Å². The lowest BCUT2D eigenvalue weighted by Crippen LogP contribution is -1.99. The van der Waals surface area contributed by atoms with E-state index in [2.05, 4.69) is 132 Å². The van der Waals surface area contributed by atoms with Crippen molar-refractivity contribution in [3.05, 3.63) is 0 Å². The minimum Gasteiger partial charge on any atom is -0.0656 e. The molecule has 0 amide bonds. The minimum absolute atomic E-state index is 0.852. The maximum absolute atomic E-state index is 2.36. The molecule has 0 radical (unpaired) electrons. The van der Waals surface area contributed by atoms with E-state index in [1.54, 1.807) is 0 Å². The van der Waals surface area contributed by atoms with Crippen LogP contribution < -0.4 is 0 Å². The van der Waals surface area contributed by atoms with Crippen LogP contribution in [0.5, 0.6) is 0 Å². The third-order valence-corrected chi connectivity index (χ3v) is 6.41. The molecule has 0 heterocycles. The monoisotopic (exact) mass is 589 g/mol. The molecule has 0 spiro atoms. The van der Waals surface area contributed by atoms with Crippen molar-refractivity contribution in [2.75, 3.05) is 0 Å². The molecule has 0 bridgehead atoms. The number of rotatable bonds is 5. The van der Waals surface area contributed by atoms with Crippen molar-refractivity contribution in [3.63, 3.8) is 0 Å². The van der Waals surface area contributed by atoms with Gasteiger partial charge < -0.3 is 0 Å². The van der Waals surface area contributed by atoms with Crippen LogP contribution in [0.4, 0.5) is 0 Å². The summed E-state index contributed by atoms with van der Waals surface area (Å²) < 4.78 is 0. The maximum atomic E-state index is 2.36. The van der Waals surface area contributed by atoms with Crippen molar-refractivity contribution in [1.82, 2.24) is 0 Å². The second kappa shape index (κ2) is 59.4. The van der Waals surface area contributed by atoms with Gasteiger partial charge in [0.25, 0.3) is 0 Å². The SMILES string of the molecule is C1CCC1.CC(C)C(C)C.CC1CCCCC1.CCC.CCC.CCC.CCC(C)C.CCCC.CCCC(C)C. The lowest BCUT2D eigenvalue weighted by molar-refractivity contribution is 0.385. The summed E-state index contributed by atoms with van der Waals surface area (Å²) in [6, 6.07) is 0. The normalized spacial score (nSPS) is 13.0. The molecule has 0 saturated heterocycles. The van der Waals surface area contributed by atoms with Crippen molar-refractivity contribution >= 4 is 0 Å². The quantitative estimate of drug-likeness (QED) is 0.299. The van der Waals surface area contributed by atoms with Crippen LogP contribution in [-0.4, -0.2) is 0 Å². The zero-order valence-electron chi connectivity index (χ0n) is 33.9. The van der Waals surface area contributed by atoms with Gasteiger partial charge in [0.2, 0.25) is 0 Å². The lowest BCUT2D eigenvalue weighted by Gasteiger charge is -2.15. The Morgan fingerprint density at radius 1 is 0.415 bits per heavy atom. The molecule has 0 N–H and O–H groups in total. The average Bonchev–Trinajstić information content (AvgIpc) is 2.86. The first-order chi connectivity index (χ1) is 19.2. The number of unbranched alkanes of at least 4 members (excludes halogenated alkanes) is 1. The van der Waals surface area contributed by atoms with Crippen LogP contribution in [0.2, 0.25) is 0 Å². The minimum atomic E-state index is 0.852. The van der Waals surface area contributed by atoms with Crippen LogP contribution in [0.1, 0.15) is 241 Å². The lowest BCUT2D eigenvalue weighted by atomic mass is 9.91.